The Hall–Kier alpha value is -0.920. The monoisotopic (exact) mass is 164 g/mol. The standard InChI is InChI=1S/C10H12O2/c1-10-3-2-8-9(7(10)6-10)12-5-4-11-8/h2-3,7H,4-6H2,1H3. The Kier molecular flexibility index (Phi) is 1.03. The average molecular weight is 164 g/mol. The fourth-order valence-electron chi connectivity index (χ4n) is 2.07. The molecule has 0 spiro atoms. The van der Waals surface area contributed by atoms with E-state index in [0.717, 1.165) is 18.1 Å². The number of hydrogen-bond acceptors (Lipinski definition) is 2. The van der Waals surface area contributed by atoms with Crippen LogP contribution in [0.15, 0.2) is 23.7 Å². The second-order valence-corrected chi connectivity index (χ2v) is 4.02. The van der Waals surface area contributed by atoms with Gasteiger partial charge in [0.25, 0.3) is 0 Å². The van der Waals surface area contributed by atoms with Crippen LogP contribution < -0.4 is 0 Å². The van der Waals surface area contributed by atoms with Crippen molar-refractivity contribution < 1.29 is 9.47 Å². The van der Waals surface area contributed by atoms with Crippen LogP contribution in [0.2, 0.25) is 0 Å². The van der Waals surface area contributed by atoms with Crippen LogP contribution in [-0.2, 0) is 9.47 Å². The van der Waals surface area contributed by atoms with Crippen LogP contribution in [0.4, 0.5) is 0 Å². The van der Waals surface area contributed by atoms with Crippen LogP contribution in [0.3, 0.4) is 0 Å². The molecule has 2 aliphatic carbocycles. The van der Waals surface area contributed by atoms with E-state index >= 15 is 0 Å². The molecule has 1 heterocycles. The molecule has 3 rings (SSSR count). The summed E-state index contributed by atoms with van der Waals surface area (Å²) in [5, 5.41) is 0. The third kappa shape index (κ3) is 0.701. The van der Waals surface area contributed by atoms with Crippen LogP contribution in [0.1, 0.15) is 13.3 Å². The second kappa shape index (κ2) is 1.87. The quantitative estimate of drug-likeness (QED) is 0.544. The van der Waals surface area contributed by atoms with Gasteiger partial charge in [0, 0.05) is 5.92 Å². The van der Waals surface area contributed by atoms with Crippen molar-refractivity contribution in [2.45, 2.75) is 13.3 Å². The molecule has 0 saturated heterocycles. The first kappa shape index (κ1) is 6.58. The summed E-state index contributed by atoms with van der Waals surface area (Å²) in [6, 6.07) is 0. The van der Waals surface area contributed by atoms with Crippen molar-refractivity contribution >= 4 is 0 Å². The van der Waals surface area contributed by atoms with Gasteiger partial charge in [-0.05, 0) is 17.9 Å². The molecule has 64 valence electrons. The molecule has 0 aromatic heterocycles. The maximum atomic E-state index is 5.60. The highest BCUT2D eigenvalue weighted by Crippen LogP contribution is 2.60. The maximum absolute atomic E-state index is 5.60. The summed E-state index contributed by atoms with van der Waals surface area (Å²) in [5.74, 6) is 2.69. The molecule has 1 saturated carbocycles. The lowest BCUT2D eigenvalue weighted by Gasteiger charge is -2.24. The van der Waals surface area contributed by atoms with E-state index in [9.17, 15) is 0 Å². The zero-order valence-corrected chi connectivity index (χ0v) is 7.17. The van der Waals surface area contributed by atoms with Crippen molar-refractivity contribution in [3.8, 4) is 0 Å². The van der Waals surface area contributed by atoms with Crippen LogP contribution in [0.25, 0.3) is 0 Å². The Bertz CT molecular complexity index is 290. The van der Waals surface area contributed by atoms with E-state index in [0.29, 0.717) is 17.9 Å². The topological polar surface area (TPSA) is 18.5 Å². The Morgan fingerprint density at radius 1 is 1.42 bits per heavy atom. The van der Waals surface area contributed by atoms with Crippen LogP contribution in [-0.4, -0.2) is 13.2 Å². The number of hydrogen-bond donors (Lipinski definition) is 0. The first-order valence-corrected chi connectivity index (χ1v) is 4.49. The number of allylic oxidation sites excluding steroid dienone is 3. The number of fused-ring (bicyclic) bond motifs is 2. The summed E-state index contributed by atoms with van der Waals surface area (Å²) >= 11 is 0. The highest BCUT2D eigenvalue weighted by molar-refractivity contribution is 5.36. The molecule has 2 heteroatoms. The molecule has 3 aliphatic rings. The highest BCUT2D eigenvalue weighted by atomic mass is 16.6. The van der Waals surface area contributed by atoms with Gasteiger partial charge < -0.3 is 9.47 Å². The molecule has 0 amide bonds. The van der Waals surface area contributed by atoms with Crippen molar-refractivity contribution in [1.82, 2.24) is 0 Å². The van der Waals surface area contributed by atoms with E-state index in [1.165, 1.54) is 6.42 Å². The van der Waals surface area contributed by atoms with E-state index in [4.69, 9.17) is 9.47 Å². The Morgan fingerprint density at radius 2 is 2.25 bits per heavy atom. The van der Waals surface area contributed by atoms with Gasteiger partial charge in [0.2, 0.25) is 0 Å². The van der Waals surface area contributed by atoms with Gasteiger partial charge in [0.15, 0.2) is 5.76 Å². The summed E-state index contributed by atoms with van der Waals surface area (Å²) in [7, 11) is 0. The highest BCUT2D eigenvalue weighted by Gasteiger charge is 2.54. The van der Waals surface area contributed by atoms with Gasteiger partial charge in [-0.25, -0.2) is 0 Å². The van der Waals surface area contributed by atoms with Crippen molar-refractivity contribution in [1.29, 1.82) is 0 Å². The molecule has 2 unspecified atom stereocenters. The molecule has 1 fully saturated rings. The molecule has 1 aliphatic heterocycles. The molecule has 0 N–H and O–H groups in total. The third-order valence-corrected chi connectivity index (χ3v) is 3.05. The van der Waals surface area contributed by atoms with Gasteiger partial charge in [0.1, 0.15) is 19.0 Å². The zero-order valence-electron chi connectivity index (χ0n) is 7.17. The van der Waals surface area contributed by atoms with Crippen molar-refractivity contribution in [3.63, 3.8) is 0 Å². The minimum atomic E-state index is 0.388. The predicted molar refractivity (Wildman–Crippen MR) is 44.3 cm³/mol. The summed E-state index contributed by atoms with van der Waals surface area (Å²) in [4.78, 5) is 0. The SMILES string of the molecule is CC12C=CC3=C(OCCO3)C1C2. The van der Waals surface area contributed by atoms with Gasteiger partial charge in [-0.2, -0.15) is 0 Å². The van der Waals surface area contributed by atoms with E-state index < -0.39 is 0 Å². The van der Waals surface area contributed by atoms with Gasteiger partial charge in [-0.15, -0.1) is 0 Å². The van der Waals surface area contributed by atoms with E-state index in [1.54, 1.807) is 0 Å². The van der Waals surface area contributed by atoms with Crippen molar-refractivity contribution in [2.24, 2.45) is 11.3 Å². The molecular weight excluding hydrogens is 152 g/mol. The third-order valence-electron chi connectivity index (χ3n) is 3.05. The smallest absolute Gasteiger partial charge is 0.157 e. The largest absolute Gasteiger partial charge is 0.490 e. The van der Waals surface area contributed by atoms with Crippen LogP contribution >= 0.6 is 0 Å². The minimum Gasteiger partial charge on any atom is -0.490 e. The van der Waals surface area contributed by atoms with Gasteiger partial charge in [0.05, 0.1) is 0 Å². The summed E-state index contributed by atoms with van der Waals surface area (Å²) in [6.07, 6.45) is 5.55. The number of rotatable bonds is 0. The van der Waals surface area contributed by atoms with Crippen molar-refractivity contribution in [3.05, 3.63) is 23.7 Å². The molecule has 0 aromatic carbocycles. The summed E-state index contributed by atoms with van der Waals surface area (Å²) in [6.45, 7) is 3.70. The van der Waals surface area contributed by atoms with Crippen LogP contribution in [0, 0.1) is 11.3 Å². The lowest BCUT2D eigenvalue weighted by molar-refractivity contribution is 0.0570. The lowest BCUT2D eigenvalue weighted by Crippen LogP contribution is -2.17. The first-order chi connectivity index (χ1) is 5.80. The van der Waals surface area contributed by atoms with Crippen LogP contribution in [0.5, 0.6) is 0 Å². The van der Waals surface area contributed by atoms with Crippen molar-refractivity contribution in [2.75, 3.05) is 13.2 Å². The summed E-state index contributed by atoms with van der Waals surface area (Å²) in [5.41, 5.74) is 0.388. The minimum absolute atomic E-state index is 0.388. The Labute approximate surface area is 71.9 Å². The molecule has 0 aromatic rings. The summed E-state index contributed by atoms with van der Waals surface area (Å²) < 4.78 is 11.1. The fourth-order valence-corrected chi connectivity index (χ4v) is 2.07. The maximum Gasteiger partial charge on any atom is 0.157 e. The van der Waals surface area contributed by atoms with Gasteiger partial charge >= 0.3 is 0 Å². The lowest BCUT2D eigenvalue weighted by atomic mass is 10.00. The molecule has 2 nitrogen and oxygen atoms in total. The molecule has 2 atom stereocenters. The molecule has 0 bridgehead atoms. The molecule has 12 heavy (non-hydrogen) atoms. The Balaban J connectivity index is 2.01. The van der Waals surface area contributed by atoms with E-state index in [2.05, 4.69) is 19.1 Å². The average Bonchev–Trinajstić information content (AvgIpc) is 2.78. The normalized spacial score (nSPS) is 42.6. The van der Waals surface area contributed by atoms with Gasteiger partial charge in [-0.1, -0.05) is 13.0 Å². The fraction of sp³-hybridized carbons (Fsp3) is 0.600. The predicted octanol–water partition coefficient (Wildman–Crippen LogP) is 1.84. The first-order valence-electron chi connectivity index (χ1n) is 4.49. The molecule has 0 radical (unpaired) electrons. The van der Waals surface area contributed by atoms with Gasteiger partial charge in [-0.3, -0.25) is 0 Å². The Morgan fingerprint density at radius 3 is 3.17 bits per heavy atom. The zero-order chi connectivity index (χ0) is 8.18. The second-order valence-electron chi connectivity index (χ2n) is 4.02. The van der Waals surface area contributed by atoms with E-state index in [1.807, 2.05) is 0 Å². The molecular formula is C10H12O2. The number of ether oxygens (including phenoxy) is 2. The van der Waals surface area contributed by atoms with E-state index in [-0.39, 0.29) is 0 Å².